The van der Waals surface area contributed by atoms with Crippen LogP contribution in [0.5, 0.6) is 0 Å². The van der Waals surface area contributed by atoms with E-state index in [4.69, 9.17) is 9.41 Å². The minimum Gasteiger partial charge on any atom is -0.444 e. The Morgan fingerprint density at radius 2 is 1.97 bits per heavy atom. The van der Waals surface area contributed by atoms with E-state index >= 15 is 0 Å². The molecule has 0 unspecified atom stereocenters. The van der Waals surface area contributed by atoms with E-state index in [-0.39, 0.29) is 0 Å². The van der Waals surface area contributed by atoms with E-state index in [1.807, 2.05) is 12.1 Å². The minimum absolute atomic E-state index is 0.501. The first-order chi connectivity index (χ1) is 14.2. The van der Waals surface area contributed by atoms with Crippen molar-refractivity contribution in [1.82, 2.24) is 20.5 Å². The van der Waals surface area contributed by atoms with Gasteiger partial charge in [0.2, 0.25) is 5.89 Å². The molecule has 1 fully saturated rings. The van der Waals surface area contributed by atoms with Gasteiger partial charge in [0.25, 0.3) is 0 Å². The summed E-state index contributed by atoms with van der Waals surface area (Å²) in [5.74, 6) is 1.58. The van der Waals surface area contributed by atoms with Crippen molar-refractivity contribution in [3.05, 3.63) is 41.8 Å². The highest BCUT2D eigenvalue weighted by Crippen LogP contribution is 2.19. The van der Waals surface area contributed by atoms with Crippen molar-refractivity contribution in [1.29, 1.82) is 0 Å². The first kappa shape index (κ1) is 21.4. The molecule has 0 atom stereocenters. The van der Waals surface area contributed by atoms with Crippen LogP contribution < -0.4 is 10.6 Å². The largest absolute Gasteiger partial charge is 0.444 e. The summed E-state index contributed by atoms with van der Waals surface area (Å²) in [4.78, 5) is 11.9. The smallest absolute Gasteiger partial charge is 0.226 e. The van der Waals surface area contributed by atoms with Gasteiger partial charge in [0.05, 0.1) is 5.69 Å². The number of aryl methyl sites for hydroxylation is 1. The van der Waals surface area contributed by atoms with Crippen molar-refractivity contribution in [3.8, 4) is 11.5 Å². The zero-order chi connectivity index (χ0) is 20.5. The molecular weight excluding hydrogens is 362 g/mol. The molecule has 0 radical (unpaired) electrons. The number of hydrogen-bond donors (Lipinski definition) is 2. The maximum absolute atomic E-state index is 5.65. The summed E-state index contributed by atoms with van der Waals surface area (Å²) >= 11 is 0. The Hall–Kier alpha value is -2.34. The van der Waals surface area contributed by atoms with Gasteiger partial charge in [0.15, 0.2) is 5.96 Å². The summed E-state index contributed by atoms with van der Waals surface area (Å²) < 4.78 is 5.65. The van der Waals surface area contributed by atoms with Gasteiger partial charge >= 0.3 is 0 Å². The van der Waals surface area contributed by atoms with Crippen molar-refractivity contribution >= 4 is 5.96 Å². The number of nitrogens with zero attached hydrogens (tertiary/aromatic N) is 3. The number of piperidine rings is 1. The Morgan fingerprint density at radius 3 is 2.66 bits per heavy atom. The molecule has 6 nitrogen and oxygen atoms in total. The van der Waals surface area contributed by atoms with Crippen LogP contribution in [-0.4, -0.2) is 54.6 Å². The second-order valence-corrected chi connectivity index (χ2v) is 7.78. The maximum Gasteiger partial charge on any atom is 0.226 e. The molecule has 1 saturated heterocycles. The van der Waals surface area contributed by atoms with E-state index in [2.05, 4.69) is 53.4 Å². The van der Waals surface area contributed by atoms with Gasteiger partial charge in [-0.2, -0.15) is 0 Å². The number of aliphatic imine (C=N–C) groups is 1. The van der Waals surface area contributed by atoms with Crippen LogP contribution in [0.4, 0.5) is 0 Å². The third kappa shape index (κ3) is 6.60. The predicted octanol–water partition coefficient (Wildman–Crippen LogP) is 3.62. The second-order valence-electron chi connectivity index (χ2n) is 7.78. The number of aromatic nitrogens is 1. The standard InChI is InChI=1S/C23H35N5O/c1-4-14-28-15-11-20(12-16-28)27-23(24-5-2)25-13-10-21-17-29-22(26-21)19-8-6-18(3)7-9-19/h6-9,17,20H,4-5,10-16H2,1-3H3,(H2,24,25,27). The molecule has 0 aliphatic carbocycles. The number of benzene rings is 1. The molecule has 2 aromatic rings. The van der Waals surface area contributed by atoms with Crippen LogP contribution in [0.3, 0.4) is 0 Å². The van der Waals surface area contributed by atoms with Gasteiger partial charge in [-0.3, -0.25) is 4.99 Å². The summed E-state index contributed by atoms with van der Waals surface area (Å²) in [5, 5.41) is 6.98. The van der Waals surface area contributed by atoms with E-state index in [0.717, 1.165) is 30.2 Å². The summed E-state index contributed by atoms with van der Waals surface area (Å²) in [6, 6.07) is 8.74. The minimum atomic E-state index is 0.501. The average molecular weight is 398 g/mol. The van der Waals surface area contributed by atoms with Crippen LogP contribution in [0.25, 0.3) is 11.5 Å². The molecule has 1 aliphatic heterocycles. The first-order valence-corrected chi connectivity index (χ1v) is 11.0. The molecule has 2 N–H and O–H groups in total. The maximum atomic E-state index is 5.65. The van der Waals surface area contributed by atoms with E-state index in [9.17, 15) is 0 Å². The van der Waals surface area contributed by atoms with E-state index in [1.54, 1.807) is 6.26 Å². The highest BCUT2D eigenvalue weighted by Gasteiger charge is 2.19. The lowest BCUT2D eigenvalue weighted by Crippen LogP contribution is -2.48. The molecule has 6 heteroatoms. The van der Waals surface area contributed by atoms with Gasteiger partial charge in [-0.25, -0.2) is 4.98 Å². The molecule has 158 valence electrons. The van der Waals surface area contributed by atoms with Crippen LogP contribution in [0, 0.1) is 6.92 Å². The van der Waals surface area contributed by atoms with Crippen LogP contribution >= 0.6 is 0 Å². The quantitative estimate of drug-likeness (QED) is 0.526. The fourth-order valence-electron chi connectivity index (χ4n) is 3.66. The first-order valence-electron chi connectivity index (χ1n) is 11.0. The summed E-state index contributed by atoms with van der Waals surface area (Å²) in [7, 11) is 0. The molecule has 29 heavy (non-hydrogen) atoms. The Bertz CT molecular complexity index is 760. The van der Waals surface area contributed by atoms with Crippen molar-refractivity contribution in [2.24, 2.45) is 4.99 Å². The van der Waals surface area contributed by atoms with Gasteiger partial charge in [0, 0.05) is 44.2 Å². The highest BCUT2D eigenvalue weighted by atomic mass is 16.3. The Kier molecular flexibility index (Phi) is 8.11. The monoisotopic (exact) mass is 397 g/mol. The molecule has 0 spiro atoms. The molecule has 3 rings (SSSR count). The van der Waals surface area contributed by atoms with Crippen molar-refractivity contribution in [3.63, 3.8) is 0 Å². The number of hydrogen-bond acceptors (Lipinski definition) is 4. The van der Waals surface area contributed by atoms with Crippen molar-refractivity contribution in [2.45, 2.75) is 52.5 Å². The third-order valence-electron chi connectivity index (χ3n) is 5.30. The molecule has 1 aliphatic rings. The van der Waals surface area contributed by atoms with Gasteiger partial charge in [-0.15, -0.1) is 0 Å². The molecule has 2 heterocycles. The van der Waals surface area contributed by atoms with Crippen LogP contribution in [0.15, 0.2) is 39.9 Å². The molecule has 1 aromatic heterocycles. The third-order valence-corrected chi connectivity index (χ3v) is 5.30. The zero-order valence-electron chi connectivity index (χ0n) is 18.1. The second kappa shape index (κ2) is 11.0. The van der Waals surface area contributed by atoms with Crippen LogP contribution in [0.1, 0.15) is 44.4 Å². The van der Waals surface area contributed by atoms with Crippen LogP contribution in [0.2, 0.25) is 0 Å². The van der Waals surface area contributed by atoms with Crippen LogP contribution in [-0.2, 0) is 6.42 Å². The predicted molar refractivity (Wildman–Crippen MR) is 119 cm³/mol. The number of rotatable bonds is 8. The number of nitrogens with one attached hydrogen (secondary N) is 2. The number of oxazole rings is 1. The topological polar surface area (TPSA) is 65.7 Å². The van der Waals surface area contributed by atoms with E-state index < -0.39 is 0 Å². The fourth-order valence-corrected chi connectivity index (χ4v) is 3.66. The van der Waals surface area contributed by atoms with Gasteiger partial charge < -0.3 is 20.0 Å². The molecular formula is C23H35N5O. The van der Waals surface area contributed by atoms with E-state index in [1.165, 1.54) is 44.5 Å². The average Bonchev–Trinajstić information content (AvgIpc) is 3.19. The van der Waals surface area contributed by atoms with Gasteiger partial charge in [0.1, 0.15) is 6.26 Å². The lowest BCUT2D eigenvalue weighted by molar-refractivity contribution is 0.206. The van der Waals surface area contributed by atoms with E-state index in [0.29, 0.717) is 18.5 Å². The van der Waals surface area contributed by atoms with Gasteiger partial charge in [-0.1, -0.05) is 24.6 Å². The number of likely N-dealkylation sites (tertiary alicyclic amines) is 1. The molecule has 1 aromatic carbocycles. The van der Waals surface area contributed by atoms with Gasteiger partial charge in [-0.05, 0) is 51.8 Å². The Balaban J connectivity index is 1.50. The summed E-state index contributed by atoms with van der Waals surface area (Å²) in [5.41, 5.74) is 3.18. The zero-order valence-corrected chi connectivity index (χ0v) is 18.1. The molecule has 0 bridgehead atoms. The lowest BCUT2D eigenvalue weighted by atomic mass is 10.1. The summed E-state index contributed by atoms with van der Waals surface area (Å²) in [6.07, 6.45) is 6.09. The fraction of sp³-hybridized carbons (Fsp3) is 0.565. The lowest BCUT2D eigenvalue weighted by Gasteiger charge is -2.32. The highest BCUT2D eigenvalue weighted by molar-refractivity contribution is 5.80. The summed E-state index contributed by atoms with van der Waals surface area (Å²) in [6.45, 7) is 11.5. The Morgan fingerprint density at radius 1 is 1.21 bits per heavy atom. The van der Waals surface area contributed by atoms with Crippen molar-refractivity contribution in [2.75, 3.05) is 32.7 Å². The number of guanidine groups is 1. The SMILES string of the molecule is CCCN1CCC(NC(=NCCc2coc(-c3ccc(C)cc3)n2)NCC)CC1. The molecule has 0 saturated carbocycles. The Labute approximate surface area is 174 Å². The van der Waals surface area contributed by atoms with Crippen molar-refractivity contribution < 1.29 is 4.42 Å². The normalized spacial score (nSPS) is 16.2. The molecule has 0 amide bonds.